The van der Waals surface area contributed by atoms with Crippen LogP contribution in [0.15, 0.2) is 22.9 Å². The summed E-state index contributed by atoms with van der Waals surface area (Å²) in [7, 11) is 0. The highest BCUT2D eigenvalue weighted by atomic mass is 32.2. The number of rotatable bonds is 8. The Morgan fingerprint density at radius 2 is 2.04 bits per heavy atom. The van der Waals surface area contributed by atoms with Gasteiger partial charge in [0.2, 0.25) is 11.8 Å². The second-order valence-corrected chi connectivity index (χ2v) is 6.32. The lowest BCUT2D eigenvalue weighted by atomic mass is 10.3. The fourth-order valence-electron chi connectivity index (χ4n) is 1.96. The van der Waals surface area contributed by atoms with Crippen LogP contribution in [-0.2, 0) is 9.59 Å². The lowest BCUT2D eigenvalue weighted by molar-refractivity contribution is -0.114. The van der Waals surface area contributed by atoms with Gasteiger partial charge in [-0.25, -0.2) is 4.68 Å². The number of thioether (sulfide) groups is 1. The van der Waals surface area contributed by atoms with Crippen LogP contribution in [0.5, 0.6) is 0 Å². The molecule has 1 atom stereocenters. The van der Waals surface area contributed by atoms with Crippen molar-refractivity contribution in [2.45, 2.75) is 33.2 Å². The summed E-state index contributed by atoms with van der Waals surface area (Å²) < 4.78 is 6.64. The zero-order valence-electron chi connectivity index (χ0n) is 13.9. The molecule has 0 aromatic carbocycles. The van der Waals surface area contributed by atoms with Crippen molar-refractivity contribution in [1.29, 1.82) is 0 Å². The minimum Gasteiger partial charge on any atom is -0.360 e. The molecular formula is C15H21N5O3S. The summed E-state index contributed by atoms with van der Waals surface area (Å²) in [6, 6.07) is 3.60. The van der Waals surface area contributed by atoms with E-state index in [9.17, 15) is 9.59 Å². The zero-order valence-corrected chi connectivity index (χ0v) is 14.7. The number of hydrogen-bond donors (Lipinski definition) is 2. The summed E-state index contributed by atoms with van der Waals surface area (Å²) in [5, 5.41) is 13.3. The Bertz CT molecular complexity index is 697. The third-order valence-electron chi connectivity index (χ3n) is 3.31. The third kappa shape index (κ3) is 5.12. The van der Waals surface area contributed by atoms with Crippen LogP contribution in [0.4, 0.5) is 11.6 Å². The minimum atomic E-state index is -0.231. The molecule has 0 saturated carbocycles. The van der Waals surface area contributed by atoms with Crippen molar-refractivity contribution < 1.29 is 14.1 Å². The summed E-state index contributed by atoms with van der Waals surface area (Å²) in [5.41, 5.74) is 0. The predicted molar refractivity (Wildman–Crippen MR) is 93.1 cm³/mol. The van der Waals surface area contributed by atoms with Gasteiger partial charge < -0.3 is 15.2 Å². The Labute approximate surface area is 144 Å². The molecule has 0 bridgehead atoms. The van der Waals surface area contributed by atoms with Gasteiger partial charge >= 0.3 is 0 Å². The van der Waals surface area contributed by atoms with Crippen LogP contribution in [0, 0.1) is 6.92 Å². The molecule has 24 heavy (non-hydrogen) atoms. The first-order valence-electron chi connectivity index (χ1n) is 7.64. The molecule has 0 spiro atoms. The minimum absolute atomic E-state index is 0.157. The van der Waals surface area contributed by atoms with Crippen LogP contribution in [0.3, 0.4) is 0 Å². The highest BCUT2D eigenvalue weighted by molar-refractivity contribution is 8.00. The molecule has 0 radical (unpaired) electrons. The standard InChI is InChI=1S/C15H21N5O3S/c1-4-10(2)20-13(5-6-16-20)18-15(22)9-24-8-14(21)17-12-7-11(3)23-19-12/h5-7,10H,4,8-9H2,1-3H3,(H,18,22)(H,17,19,21). The second kappa shape index (κ2) is 8.53. The molecule has 8 nitrogen and oxygen atoms in total. The molecule has 0 aliphatic carbocycles. The summed E-state index contributed by atoms with van der Waals surface area (Å²) in [5.74, 6) is 1.59. The largest absolute Gasteiger partial charge is 0.360 e. The number of carbonyl (C=O) groups excluding carboxylic acids is 2. The van der Waals surface area contributed by atoms with Crippen LogP contribution in [0.25, 0.3) is 0 Å². The number of nitrogens with one attached hydrogen (secondary N) is 2. The summed E-state index contributed by atoms with van der Waals surface area (Å²) >= 11 is 1.23. The van der Waals surface area contributed by atoms with E-state index in [2.05, 4.69) is 27.8 Å². The van der Waals surface area contributed by atoms with Crippen molar-refractivity contribution in [3.8, 4) is 0 Å². The maximum absolute atomic E-state index is 12.0. The fourth-order valence-corrected chi connectivity index (χ4v) is 2.57. The molecule has 130 valence electrons. The van der Waals surface area contributed by atoms with Crippen LogP contribution in [-0.4, -0.2) is 38.3 Å². The number of amides is 2. The van der Waals surface area contributed by atoms with Gasteiger partial charge in [0.05, 0.1) is 23.7 Å². The number of nitrogens with zero attached hydrogens (tertiary/aromatic N) is 3. The number of aryl methyl sites for hydroxylation is 1. The van der Waals surface area contributed by atoms with Gasteiger partial charge in [-0.1, -0.05) is 12.1 Å². The van der Waals surface area contributed by atoms with Crippen LogP contribution in [0.2, 0.25) is 0 Å². The van der Waals surface area contributed by atoms with Crippen molar-refractivity contribution in [1.82, 2.24) is 14.9 Å². The highest BCUT2D eigenvalue weighted by Gasteiger charge is 2.12. The molecule has 2 N–H and O–H groups in total. The maximum atomic E-state index is 12.0. The van der Waals surface area contributed by atoms with Crippen LogP contribution >= 0.6 is 11.8 Å². The molecule has 2 aromatic rings. The van der Waals surface area contributed by atoms with Gasteiger partial charge in [0.15, 0.2) is 5.82 Å². The van der Waals surface area contributed by atoms with Gasteiger partial charge in [0, 0.05) is 12.1 Å². The SMILES string of the molecule is CCC(C)n1nccc1NC(=O)CSCC(=O)Nc1cc(C)on1. The molecule has 0 fully saturated rings. The quantitative estimate of drug-likeness (QED) is 0.757. The van der Waals surface area contributed by atoms with Crippen molar-refractivity contribution in [3.63, 3.8) is 0 Å². The molecule has 9 heteroatoms. The van der Waals surface area contributed by atoms with E-state index in [1.807, 2.05) is 6.92 Å². The van der Waals surface area contributed by atoms with E-state index in [4.69, 9.17) is 4.52 Å². The topological polar surface area (TPSA) is 102 Å². The van der Waals surface area contributed by atoms with Gasteiger partial charge in [-0.15, -0.1) is 11.8 Å². The van der Waals surface area contributed by atoms with E-state index in [1.54, 1.807) is 29.9 Å². The Hall–Kier alpha value is -2.29. The summed E-state index contributed by atoms with van der Waals surface area (Å²) in [6.45, 7) is 5.84. The number of hydrogen-bond acceptors (Lipinski definition) is 6. The van der Waals surface area contributed by atoms with Gasteiger partial charge in [-0.05, 0) is 20.3 Å². The monoisotopic (exact) mass is 351 g/mol. The molecule has 2 heterocycles. The van der Waals surface area contributed by atoms with Gasteiger partial charge in [-0.3, -0.25) is 9.59 Å². The predicted octanol–water partition coefficient (Wildman–Crippen LogP) is 2.46. The average molecular weight is 351 g/mol. The fraction of sp³-hybridized carbons (Fsp3) is 0.467. The molecule has 0 aliphatic heterocycles. The van der Waals surface area contributed by atoms with E-state index in [-0.39, 0.29) is 29.4 Å². The van der Waals surface area contributed by atoms with Crippen molar-refractivity contribution in [2.75, 3.05) is 22.1 Å². The van der Waals surface area contributed by atoms with Crippen molar-refractivity contribution >= 4 is 35.2 Å². The molecule has 2 rings (SSSR count). The van der Waals surface area contributed by atoms with Gasteiger partial charge in [-0.2, -0.15) is 5.10 Å². The first-order valence-corrected chi connectivity index (χ1v) is 8.79. The number of aromatic nitrogens is 3. The second-order valence-electron chi connectivity index (χ2n) is 5.33. The molecule has 0 aliphatic rings. The van der Waals surface area contributed by atoms with Gasteiger partial charge in [0.1, 0.15) is 11.6 Å². The Kier molecular flexibility index (Phi) is 6.42. The first kappa shape index (κ1) is 18.1. The summed E-state index contributed by atoms with van der Waals surface area (Å²) in [6.07, 6.45) is 2.57. The highest BCUT2D eigenvalue weighted by Crippen LogP contribution is 2.16. The molecule has 1 unspecified atom stereocenters. The molecule has 0 saturated heterocycles. The molecule has 2 amide bonds. The van der Waals surface area contributed by atoms with Gasteiger partial charge in [0.25, 0.3) is 0 Å². The third-order valence-corrected chi connectivity index (χ3v) is 4.24. The molecular weight excluding hydrogens is 330 g/mol. The van der Waals surface area contributed by atoms with Crippen molar-refractivity contribution in [3.05, 3.63) is 24.1 Å². The van der Waals surface area contributed by atoms with Crippen LogP contribution in [0.1, 0.15) is 32.1 Å². The Morgan fingerprint density at radius 1 is 1.33 bits per heavy atom. The van der Waals surface area contributed by atoms with E-state index in [0.717, 1.165) is 6.42 Å². The normalized spacial score (nSPS) is 12.0. The van der Waals surface area contributed by atoms with E-state index >= 15 is 0 Å². The first-order chi connectivity index (χ1) is 11.5. The lowest BCUT2D eigenvalue weighted by Gasteiger charge is -2.14. The molecule has 2 aromatic heterocycles. The Morgan fingerprint density at radius 3 is 2.67 bits per heavy atom. The zero-order chi connectivity index (χ0) is 17.5. The lowest BCUT2D eigenvalue weighted by Crippen LogP contribution is -2.20. The average Bonchev–Trinajstić information content (AvgIpc) is 3.15. The van der Waals surface area contributed by atoms with E-state index < -0.39 is 0 Å². The summed E-state index contributed by atoms with van der Waals surface area (Å²) in [4.78, 5) is 23.7. The van der Waals surface area contributed by atoms with E-state index in [0.29, 0.717) is 17.4 Å². The maximum Gasteiger partial charge on any atom is 0.235 e. The number of anilines is 2. The number of carbonyl (C=O) groups is 2. The van der Waals surface area contributed by atoms with Crippen molar-refractivity contribution in [2.24, 2.45) is 0 Å². The van der Waals surface area contributed by atoms with Crippen LogP contribution < -0.4 is 10.6 Å². The Balaban J connectivity index is 1.73. The smallest absolute Gasteiger partial charge is 0.235 e. The van der Waals surface area contributed by atoms with E-state index in [1.165, 1.54) is 11.8 Å².